The molecule has 2 N–H and O–H groups in total. The topological polar surface area (TPSA) is 87.0 Å². The van der Waals surface area contributed by atoms with Gasteiger partial charge in [0.25, 0.3) is 5.69 Å². The molecule has 2 aromatic rings. The fourth-order valence-electron chi connectivity index (χ4n) is 1.52. The van der Waals surface area contributed by atoms with Gasteiger partial charge in [-0.2, -0.15) is 5.10 Å². The number of benzene rings is 1. The lowest BCUT2D eigenvalue weighted by atomic mass is 10.3. The maximum absolute atomic E-state index is 10.6. The highest BCUT2D eigenvalue weighted by Crippen LogP contribution is 2.26. The van der Waals surface area contributed by atoms with Crippen LogP contribution in [-0.4, -0.2) is 14.7 Å². The van der Waals surface area contributed by atoms with E-state index in [2.05, 4.69) is 5.10 Å². The van der Waals surface area contributed by atoms with Crippen LogP contribution in [0.1, 0.15) is 5.69 Å². The van der Waals surface area contributed by atoms with Crippen LogP contribution in [0.4, 0.5) is 11.5 Å². The molecule has 0 radical (unpaired) electrons. The predicted molar refractivity (Wildman–Crippen MR) is 64.4 cm³/mol. The molecule has 0 aliphatic heterocycles. The number of nitro benzene ring substituents is 1. The van der Waals surface area contributed by atoms with Crippen LogP contribution in [0, 0.1) is 17.0 Å². The van der Waals surface area contributed by atoms with Crippen LogP contribution >= 0.6 is 11.6 Å². The zero-order chi connectivity index (χ0) is 12.6. The number of halogens is 1. The molecule has 1 aromatic heterocycles. The summed E-state index contributed by atoms with van der Waals surface area (Å²) in [5, 5.41) is 14.9. The van der Waals surface area contributed by atoms with E-state index < -0.39 is 4.92 Å². The molecule has 0 aliphatic rings. The molecule has 1 aromatic carbocycles. The Morgan fingerprint density at radius 2 is 2.18 bits per heavy atom. The van der Waals surface area contributed by atoms with Crippen LogP contribution in [0.15, 0.2) is 24.3 Å². The van der Waals surface area contributed by atoms with E-state index in [1.54, 1.807) is 16.8 Å². The van der Waals surface area contributed by atoms with Gasteiger partial charge in [-0.15, -0.1) is 0 Å². The number of aromatic nitrogens is 2. The minimum absolute atomic E-state index is 0.0588. The Balaban J connectivity index is 2.54. The minimum Gasteiger partial charge on any atom is -0.382 e. The molecule has 0 spiro atoms. The number of nitro groups is 1. The standard InChI is InChI=1S/C10H9ClN4O2/c1-6-4-10(12)13-14(6)9-3-2-7(15(16)17)5-8(9)11/h2-5H,1H3,(H2,12,13). The first-order valence-electron chi connectivity index (χ1n) is 4.75. The highest BCUT2D eigenvalue weighted by atomic mass is 35.5. The zero-order valence-corrected chi connectivity index (χ0v) is 9.68. The van der Waals surface area contributed by atoms with Gasteiger partial charge in [-0.1, -0.05) is 11.6 Å². The normalized spacial score (nSPS) is 10.5. The smallest absolute Gasteiger partial charge is 0.271 e. The van der Waals surface area contributed by atoms with Gasteiger partial charge in [-0.05, 0) is 13.0 Å². The first-order valence-corrected chi connectivity index (χ1v) is 5.13. The SMILES string of the molecule is Cc1cc(N)nn1-c1ccc([N+](=O)[O-])cc1Cl. The molecule has 0 bridgehead atoms. The lowest BCUT2D eigenvalue weighted by molar-refractivity contribution is -0.384. The molecular formula is C10H9ClN4O2. The van der Waals surface area contributed by atoms with Gasteiger partial charge in [-0.25, -0.2) is 4.68 Å². The number of nitrogens with zero attached hydrogens (tertiary/aromatic N) is 3. The van der Waals surface area contributed by atoms with E-state index in [9.17, 15) is 10.1 Å². The van der Waals surface area contributed by atoms with Crippen LogP contribution in [0.3, 0.4) is 0 Å². The number of aryl methyl sites for hydroxylation is 1. The molecular weight excluding hydrogens is 244 g/mol. The van der Waals surface area contributed by atoms with E-state index in [1.165, 1.54) is 12.1 Å². The molecule has 0 saturated heterocycles. The second kappa shape index (κ2) is 4.06. The van der Waals surface area contributed by atoms with Crippen molar-refractivity contribution in [3.8, 4) is 5.69 Å². The summed E-state index contributed by atoms with van der Waals surface area (Å²) in [5.74, 6) is 0.372. The summed E-state index contributed by atoms with van der Waals surface area (Å²) in [6.07, 6.45) is 0. The molecule has 0 aliphatic carbocycles. The second-order valence-corrected chi connectivity index (χ2v) is 3.92. The Morgan fingerprint density at radius 3 is 2.65 bits per heavy atom. The van der Waals surface area contributed by atoms with E-state index in [0.717, 1.165) is 5.69 Å². The number of nitrogen functional groups attached to an aromatic ring is 1. The summed E-state index contributed by atoms with van der Waals surface area (Å²) < 4.78 is 1.54. The third kappa shape index (κ3) is 2.07. The van der Waals surface area contributed by atoms with E-state index in [-0.39, 0.29) is 10.7 Å². The highest BCUT2D eigenvalue weighted by Gasteiger charge is 2.12. The minimum atomic E-state index is -0.500. The van der Waals surface area contributed by atoms with Crippen molar-refractivity contribution in [1.82, 2.24) is 9.78 Å². The van der Waals surface area contributed by atoms with E-state index in [4.69, 9.17) is 17.3 Å². The van der Waals surface area contributed by atoms with Gasteiger partial charge in [0, 0.05) is 23.9 Å². The second-order valence-electron chi connectivity index (χ2n) is 3.52. The summed E-state index contributed by atoms with van der Waals surface area (Å²) in [4.78, 5) is 10.1. The predicted octanol–water partition coefficient (Wildman–Crippen LogP) is 2.32. The maximum Gasteiger partial charge on any atom is 0.271 e. The van der Waals surface area contributed by atoms with E-state index in [0.29, 0.717) is 11.5 Å². The van der Waals surface area contributed by atoms with Gasteiger partial charge in [0.2, 0.25) is 0 Å². The Kier molecular flexibility index (Phi) is 2.72. The quantitative estimate of drug-likeness (QED) is 0.656. The first kappa shape index (κ1) is 11.4. The summed E-state index contributed by atoms with van der Waals surface area (Å²) in [6.45, 7) is 1.82. The van der Waals surface area contributed by atoms with Crippen LogP contribution in [0.25, 0.3) is 5.69 Å². The van der Waals surface area contributed by atoms with Crippen LogP contribution in [0.2, 0.25) is 5.02 Å². The fraction of sp³-hybridized carbons (Fsp3) is 0.100. The molecule has 88 valence electrons. The Hall–Kier alpha value is -2.08. The van der Waals surface area contributed by atoms with Crippen LogP contribution in [-0.2, 0) is 0 Å². The fourth-order valence-corrected chi connectivity index (χ4v) is 1.78. The average Bonchev–Trinajstić information content (AvgIpc) is 2.57. The van der Waals surface area contributed by atoms with Crippen molar-refractivity contribution >= 4 is 23.1 Å². The lowest BCUT2D eigenvalue weighted by Crippen LogP contribution is -2.01. The molecule has 0 saturated carbocycles. The largest absolute Gasteiger partial charge is 0.382 e. The average molecular weight is 253 g/mol. The summed E-state index contributed by atoms with van der Waals surface area (Å²) in [6, 6.07) is 5.89. The lowest BCUT2D eigenvalue weighted by Gasteiger charge is -2.06. The third-order valence-corrected chi connectivity index (χ3v) is 2.58. The van der Waals surface area contributed by atoms with Crippen molar-refractivity contribution in [3.63, 3.8) is 0 Å². The molecule has 17 heavy (non-hydrogen) atoms. The Morgan fingerprint density at radius 1 is 1.47 bits per heavy atom. The monoisotopic (exact) mass is 252 g/mol. The van der Waals surface area contributed by atoms with E-state index in [1.807, 2.05) is 6.92 Å². The van der Waals surface area contributed by atoms with Gasteiger partial charge in [0.1, 0.15) is 5.82 Å². The van der Waals surface area contributed by atoms with Crippen molar-refractivity contribution < 1.29 is 4.92 Å². The number of non-ortho nitro benzene ring substituents is 1. The molecule has 7 heteroatoms. The molecule has 2 rings (SSSR count). The molecule has 0 atom stereocenters. The number of hydrogen-bond donors (Lipinski definition) is 1. The van der Waals surface area contributed by atoms with Crippen molar-refractivity contribution in [3.05, 3.63) is 45.1 Å². The Bertz CT molecular complexity index is 594. The van der Waals surface area contributed by atoms with Gasteiger partial charge in [-0.3, -0.25) is 10.1 Å². The number of hydrogen-bond acceptors (Lipinski definition) is 4. The zero-order valence-electron chi connectivity index (χ0n) is 8.92. The molecule has 0 unspecified atom stereocenters. The molecule has 0 amide bonds. The van der Waals surface area contributed by atoms with Crippen molar-refractivity contribution in [2.75, 3.05) is 5.73 Å². The maximum atomic E-state index is 10.6. The Labute approximate surface area is 102 Å². The van der Waals surface area contributed by atoms with Crippen LogP contribution in [0.5, 0.6) is 0 Å². The summed E-state index contributed by atoms with van der Waals surface area (Å²) in [5.41, 5.74) is 6.87. The van der Waals surface area contributed by atoms with Gasteiger partial charge < -0.3 is 5.73 Å². The number of anilines is 1. The number of rotatable bonds is 2. The third-order valence-electron chi connectivity index (χ3n) is 2.28. The summed E-state index contributed by atoms with van der Waals surface area (Å²) >= 11 is 5.98. The van der Waals surface area contributed by atoms with Crippen molar-refractivity contribution in [2.45, 2.75) is 6.92 Å². The highest BCUT2D eigenvalue weighted by molar-refractivity contribution is 6.32. The first-order chi connectivity index (χ1) is 7.99. The van der Waals surface area contributed by atoms with Gasteiger partial charge in [0.15, 0.2) is 0 Å². The summed E-state index contributed by atoms with van der Waals surface area (Å²) in [7, 11) is 0. The van der Waals surface area contributed by atoms with Crippen LogP contribution < -0.4 is 5.73 Å². The number of nitrogens with two attached hydrogens (primary N) is 1. The molecule has 0 fully saturated rings. The van der Waals surface area contributed by atoms with Gasteiger partial charge in [0.05, 0.1) is 15.6 Å². The molecule has 1 heterocycles. The van der Waals surface area contributed by atoms with Crippen molar-refractivity contribution in [1.29, 1.82) is 0 Å². The van der Waals surface area contributed by atoms with E-state index >= 15 is 0 Å². The molecule has 6 nitrogen and oxygen atoms in total. The van der Waals surface area contributed by atoms with Crippen molar-refractivity contribution in [2.24, 2.45) is 0 Å². The van der Waals surface area contributed by atoms with Gasteiger partial charge >= 0.3 is 0 Å².